The van der Waals surface area contributed by atoms with Crippen LogP contribution in [0.3, 0.4) is 0 Å². The van der Waals surface area contributed by atoms with Crippen LogP contribution in [0.15, 0.2) is 18.2 Å². The average Bonchev–Trinajstić information content (AvgIpc) is 2.15. The zero-order valence-electron chi connectivity index (χ0n) is 9.00. The molecule has 0 aliphatic carbocycles. The van der Waals surface area contributed by atoms with Crippen molar-refractivity contribution in [2.75, 3.05) is 5.32 Å². The van der Waals surface area contributed by atoms with Gasteiger partial charge in [0.25, 0.3) is 0 Å². The fourth-order valence-electron chi connectivity index (χ4n) is 1.30. The van der Waals surface area contributed by atoms with E-state index in [0.29, 0.717) is 0 Å². The fraction of sp³-hybridized carbons (Fsp3) is 0.364. The molecule has 0 unspecified atom stereocenters. The number of rotatable bonds is 4. The van der Waals surface area contributed by atoms with Gasteiger partial charge in [0.2, 0.25) is 0 Å². The predicted octanol–water partition coefficient (Wildman–Crippen LogP) is 2.49. The molecule has 0 spiro atoms. The summed E-state index contributed by atoms with van der Waals surface area (Å²) >= 11 is 0. The maximum Gasteiger partial charge on any atom is 0.326 e. The summed E-state index contributed by atoms with van der Waals surface area (Å²) in [5, 5.41) is 11.2. The van der Waals surface area contributed by atoms with Gasteiger partial charge < -0.3 is 10.4 Å². The summed E-state index contributed by atoms with van der Waals surface area (Å²) in [6.07, 6.45) is 0. The number of hydrogen-bond acceptors (Lipinski definition) is 2. The van der Waals surface area contributed by atoms with Gasteiger partial charge in [0.1, 0.15) is 23.4 Å². The van der Waals surface area contributed by atoms with Crippen molar-refractivity contribution in [1.82, 2.24) is 0 Å². The van der Waals surface area contributed by atoms with Crippen LogP contribution in [-0.4, -0.2) is 17.1 Å². The first kappa shape index (κ1) is 12.4. The lowest BCUT2D eigenvalue weighted by Crippen LogP contribution is -2.34. The number of aliphatic carboxylic acids is 1. The number of carboxylic acids is 1. The first-order chi connectivity index (χ1) is 7.43. The van der Waals surface area contributed by atoms with Crippen LogP contribution in [-0.2, 0) is 4.79 Å². The molecule has 0 fully saturated rings. The largest absolute Gasteiger partial charge is 0.480 e. The Morgan fingerprint density at radius 3 is 2.19 bits per heavy atom. The Hall–Kier alpha value is -1.65. The van der Waals surface area contributed by atoms with Gasteiger partial charge in [-0.15, -0.1) is 0 Å². The normalized spacial score (nSPS) is 12.6. The summed E-state index contributed by atoms with van der Waals surface area (Å²) in [7, 11) is 0. The van der Waals surface area contributed by atoms with Crippen molar-refractivity contribution in [2.24, 2.45) is 5.92 Å². The molecule has 0 heterocycles. The highest BCUT2D eigenvalue weighted by molar-refractivity contribution is 5.77. The number of nitrogens with one attached hydrogen (secondary N) is 1. The van der Waals surface area contributed by atoms with Crippen molar-refractivity contribution in [3.05, 3.63) is 29.8 Å². The monoisotopic (exact) mass is 229 g/mol. The first-order valence-corrected chi connectivity index (χ1v) is 4.87. The van der Waals surface area contributed by atoms with Crippen molar-refractivity contribution in [2.45, 2.75) is 19.9 Å². The Labute approximate surface area is 92.1 Å². The van der Waals surface area contributed by atoms with Crippen LogP contribution in [0.1, 0.15) is 13.8 Å². The topological polar surface area (TPSA) is 49.3 Å². The van der Waals surface area contributed by atoms with Crippen LogP contribution in [0.25, 0.3) is 0 Å². The highest BCUT2D eigenvalue weighted by Crippen LogP contribution is 2.20. The maximum atomic E-state index is 13.2. The zero-order valence-corrected chi connectivity index (χ0v) is 9.00. The average molecular weight is 229 g/mol. The molecule has 0 aliphatic rings. The van der Waals surface area contributed by atoms with Crippen LogP contribution in [0.4, 0.5) is 14.5 Å². The van der Waals surface area contributed by atoms with Crippen molar-refractivity contribution in [3.8, 4) is 0 Å². The van der Waals surface area contributed by atoms with Crippen LogP contribution < -0.4 is 5.32 Å². The molecule has 0 bridgehead atoms. The van der Waals surface area contributed by atoms with Gasteiger partial charge in [-0.1, -0.05) is 19.9 Å². The summed E-state index contributed by atoms with van der Waals surface area (Å²) in [6, 6.07) is 2.35. The van der Waals surface area contributed by atoms with E-state index in [1.165, 1.54) is 6.07 Å². The summed E-state index contributed by atoms with van der Waals surface area (Å²) in [6.45, 7) is 3.31. The van der Waals surface area contributed by atoms with E-state index in [9.17, 15) is 13.6 Å². The molecule has 0 radical (unpaired) electrons. The summed E-state index contributed by atoms with van der Waals surface area (Å²) < 4.78 is 26.5. The molecule has 0 saturated carbocycles. The molecule has 0 aromatic heterocycles. The van der Waals surface area contributed by atoms with Gasteiger partial charge in [-0.25, -0.2) is 13.6 Å². The molecule has 2 N–H and O–H groups in total. The molecule has 0 saturated heterocycles. The van der Waals surface area contributed by atoms with Crippen LogP contribution in [0.5, 0.6) is 0 Å². The Morgan fingerprint density at radius 2 is 1.81 bits per heavy atom. The number of halogens is 2. The minimum absolute atomic E-state index is 0.281. The van der Waals surface area contributed by atoms with Gasteiger partial charge in [0, 0.05) is 0 Å². The Morgan fingerprint density at radius 1 is 1.31 bits per heavy atom. The molecule has 3 nitrogen and oxygen atoms in total. The van der Waals surface area contributed by atoms with E-state index in [4.69, 9.17) is 5.11 Å². The molecule has 5 heteroatoms. The summed E-state index contributed by atoms with van der Waals surface area (Å²) in [5.74, 6) is -3.02. The van der Waals surface area contributed by atoms with Crippen LogP contribution in [0, 0.1) is 17.6 Å². The predicted molar refractivity (Wildman–Crippen MR) is 56.2 cm³/mol. The van der Waals surface area contributed by atoms with E-state index in [-0.39, 0.29) is 5.92 Å². The highest BCUT2D eigenvalue weighted by atomic mass is 19.1. The van der Waals surface area contributed by atoms with Crippen molar-refractivity contribution in [3.63, 3.8) is 0 Å². The third-order valence-electron chi connectivity index (χ3n) is 2.20. The molecule has 0 aliphatic heterocycles. The molecular formula is C11H13F2NO2. The second-order valence-corrected chi connectivity index (χ2v) is 3.80. The number of carbonyl (C=O) groups is 1. The van der Waals surface area contributed by atoms with Crippen LogP contribution >= 0.6 is 0 Å². The highest BCUT2D eigenvalue weighted by Gasteiger charge is 2.23. The Bertz CT molecular complexity index is 373. The maximum absolute atomic E-state index is 13.2. The standard InChI is InChI=1S/C11H13F2NO2/c1-6(2)9(11(15)16)14-10-7(12)4-3-5-8(10)13/h3-6,9,14H,1-2H3,(H,15,16)/t9-/m0/s1. The number of carboxylic acid groups (broad SMARTS) is 1. The van der Waals surface area contributed by atoms with Crippen molar-refractivity contribution in [1.29, 1.82) is 0 Å². The third kappa shape index (κ3) is 2.68. The third-order valence-corrected chi connectivity index (χ3v) is 2.20. The zero-order chi connectivity index (χ0) is 12.3. The molecule has 88 valence electrons. The summed E-state index contributed by atoms with van der Waals surface area (Å²) in [5.41, 5.74) is -0.399. The van der Waals surface area contributed by atoms with Crippen molar-refractivity contribution < 1.29 is 18.7 Å². The lowest BCUT2D eigenvalue weighted by Gasteiger charge is -2.19. The van der Waals surface area contributed by atoms with Gasteiger partial charge >= 0.3 is 5.97 Å². The Balaban J connectivity index is 2.98. The molecule has 0 amide bonds. The lowest BCUT2D eigenvalue weighted by atomic mass is 10.0. The van der Waals surface area contributed by atoms with E-state index in [1.54, 1.807) is 13.8 Å². The second kappa shape index (κ2) is 4.92. The molecule has 1 aromatic rings. The lowest BCUT2D eigenvalue weighted by molar-refractivity contribution is -0.138. The number of para-hydroxylation sites is 1. The molecule has 16 heavy (non-hydrogen) atoms. The summed E-state index contributed by atoms with van der Waals surface area (Å²) in [4.78, 5) is 10.9. The molecule has 1 rings (SSSR count). The first-order valence-electron chi connectivity index (χ1n) is 4.87. The van der Waals surface area contributed by atoms with E-state index < -0.39 is 29.3 Å². The van der Waals surface area contributed by atoms with Gasteiger partial charge in [0.15, 0.2) is 0 Å². The molecular weight excluding hydrogens is 216 g/mol. The molecule has 1 aromatic carbocycles. The SMILES string of the molecule is CC(C)[C@H](Nc1c(F)cccc1F)C(=O)O. The second-order valence-electron chi connectivity index (χ2n) is 3.80. The quantitative estimate of drug-likeness (QED) is 0.833. The van der Waals surface area contributed by atoms with E-state index in [1.807, 2.05) is 0 Å². The van der Waals surface area contributed by atoms with Gasteiger partial charge in [-0.3, -0.25) is 0 Å². The van der Waals surface area contributed by atoms with Gasteiger partial charge in [-0.05, 0) is 18.1 Å². The number of benzene rings is 1. The smallest absolute Gasteiger partial charge is 0.326 e. The number of hydrogen-bond donors (Lipinski definition) is 2. The fourth-order valence-corrected chi connectivity index (χ4v) is 1.30. The number of anilines is 1. The van der Waals surface area contributed by atoms with Crippen molar-refractivity contribution >= 4 is 11.7 Å². The van der Waals surface area contributed by atoms with Gasteiger partial charge in [-0.2, -0.15) is 0 Å². The van der Waals surface area contributed by atoms with Gasteiger partial charge in [0.05, 0.1) is 0 Å². The van der Waals surface area contributed by atoms with E-state index in [2.05, 4.69) is 5.32 Å². The Kier molecular flexibility index (Phi) is 3.82. The van der Waals surface area contributed by atoms with E-state index in [0.717, 1.165) is 12.1 Å². The van der Waals surface area contributed by atoms with E-state index >= 15 is 0 Å². The minimum Gasteiger partial charge on any atom is -0.480 e. The molecule has 1 atom stereocenters. The van der Waals surface area contributed by atoms with Crippen LogP contribution in [0.2, 0.25) is 0 Å². The minimum atomic E-state index is -1.14.